The third kappa shape index (κ3) is 5.25. The van der Waals surface area contributed by atoms with Gasteiger partial charge in [0.2, 0.25) is 5.88 Å². The maximum atomic E-state index is 13.3. The molecule has 178 valence electrons. The second-order valence-corrected chi connectivity index (χ2v) is 9.17. The minimum Gasteiger partial charge on any atom is -0.494 e. The van der Waals surface area contributed by atoms with Gasteiger partial charge in [-0.05, 0) is 51.5 Å². The van der Waals surface area contributed by atoms with Crippen LogP contribution in [0.1, 0.15) is 28.1 Å². The average molecular weight is 488 g/mol. The molecule has 2 aromatic heterocycles. The Balaban J connectivity index is 1.63. The average Bonchev–Trinajstić information content (AvgIpc) is 2.80. The van der Waals surface area contributed by atoms with Gasteiger partial charge in [-0.3, -0.25) is 9.59 Å². The van der Waals surface area contributed by atoms with Gasteiger partial charge in [0, 0.05) is 22.2 Å². The van der Waals surface area contributed by atoms with Gasteiger partial charge in [0.1, 0.15) is 0 Å². The van der Waals surface area contributed by atoms with Gasteiger partial charge in [-0.2, -0.15) is 5.10 Å². The Bertz CT molecular complexity index is 1510. The van der Waals surface area contributed by atoms with E-state index in [9.17, 15) is 14.7 Å². The number of carbonyl (C=O) groups is 1. The number of aromatic hydroxyl groups is 1. The molecule has 0 saturated carbocycles. The molecule has 8 nitrogen and oxygen atoms in total. The van der Waals surface area contributed by atoms with Gasteiger partial charge in [0.15, 0.2) is 5.16 Å². The highest BCUT2D eigenvalue weighted by atomic mass is 32.2. The maximum absolute atomic E-state index is 13.3. The van der Waals surface area contributed by atoms with Gasteiger partial charge < -0.3 is 5.11 Å². The predicted octanol–water partition coefficient (Wildman–Crippen LogP) is 3.96. The molecule has 4 rings (SSSR count). The number of nitrogens with zero attached hydrogens (tertiary/aromatic N) is 4. The van der Waals surface area contributed by atoms with E-state index in [0.717, 1.165) is 22.5 Å². The van der Waals surface area contributed by atoms with Crippen LogP contribution < -0.4 is 11.0 Å². The quantitative estimate of drug-likeness (QED) is 0.184. The molecule has 2 N–H and O–H groups in total. The molecule has 0 aliphatic carbocycles. The fraction of sp³-hybridized carbons (Fsp3) is 0.192. The Morgan fingerprint density at radius 2 is 1.74 bits per heavy atom. The minimum absolute atomic E-state index is 0.0784. The number of aromatic nitrogens is 3. The van der Waals surface area contributed by atoms with E-state index in [4.69, 9.17) is 0 Å². The summed E-state index contributed by atoms with van der Waals surface area (Å²) in [5.41, 5.74) is 6.60. The van der Waals surface area contributed by atoms with Crippen molar-refractivity contribution in [3.63, 3.8) is 0 Å². The molecule has 0 radical (unpaired) electrons. The van der Waals surface area contributed by atoms with Gasteiger partial charge in [0.05, 0.1) is 23.2 Å². The van der Waals surface area contributed by atoms with Crippen molar-refractivity contribution >= 4 is 34.7 Å². The van der Waals surface area contributed by atoms with Crippen molar-refractivity contribution < 1.29 is 9.90 Å². The zero-order valence-electron chi connectivity index (χ0n) is 19.9. The van der Waals surface area contributed by atoms with Gasteiger partial charge in [-0.25, -0.2) is 20.0 Å². The van der Waals surface area contributed by atoms with E-state index < -0.39 is 0 Å². The Morgan fingerprint density at radius 1 is 1.06 bits per heavy atom. The monoisotopic (exact) mass is 487 g/mol. The second kappa shape index (κ2) is 10.1. The summed E-state index contributed by atoms with van der Waals surface area (Å²) in [6.45, 7) is 7.59. The van der Waals surface area contributed by atoms with E-state index in [1.807, 2.05) is 45.9 Å². The second-order valence-electron chi connectivity index (χ2n) is 8.23. The standard InChI is InChI=1S/C26H25N5O3S/c1-15-9-10-22(16(2)11-15)31-24(33)20-8-6-5-7-19(20)21(25(31)34)13-27-30-23(32)14-35-26-28-17(3)12-18(4)29-26/h5-13,34H,14H2,1-4H3,(H,30,32). The van der Waals surface area contributed by atoms with Crippen LogP contribution in [0.3, 0.4) is 0 Å². The summed E-state index contributed by atoms with van der Waals surface area (Å²) in [5, 5.41) is 16.7. The van der Waals surface area contributed by atoms with Crippen LogP contribution in [-0.4, -0.2) is 37.5 Å². The lowest BCUT2D eigenvalue weighted by Crippen LogP contribution is -2.22. The molecule has 0 fully saturated rings. The molecule has 1 amide bonds. The van der Waals surface area contributed by atoms with Crippen molar-refractivity contribution in [2.45, 2.75) is 32.9 Å². The third-order valence-corrected chi connectivity index (χ3v) is 6.22. The molecule has 2 aromatic carbocycles. The summed E-state index contributed by atoms with van der Waals surface area (Å²) in [7, 11) is 0. The van der Waals surface area contributed by atoms with Crippen LogP contribution in [0.25, 0.3) is 16.5 Å². The zero-order chi connectivity index (χ0) is 25.1. The first-order valence-electron chi connectivity index (χ1n) is 11.0. The summed E-state index contributed by atoms with van der Waals surface area (Å²) in [4.78, 5) is 34.2. The number of benzene rings is 2. The fourth-order valence-electron chi connectivity index (χ4n) is 3.86. The van der Waals surface area contributed by atoms with E-state index in [-0.39, 0.29) is 23.1 Å². The Labute approximate surface area is 206 Å². The van der Waals surface area contributed by atoms with Crippen LogP contribution in [0, 0.1) is 27.7 Å². The van der Waals surface area contributed by atoms with E-state index in [1.165, 1.54) is 22.5 Å². The highest BCUT2D eigenvalue weighted by molar-refractivity contribution is 7.99. The molecule has 0 aliphatic heterocycles. The van der Waals surface area contributed by atoms with Crippen molar-refractivity contribution in [2.24, 2.45) is 5.10 Å². The van der Waals surface area contributed by atoms with Gasteiger partial charge in [-0.15, -0.1) is 0 Å². The number of hydrogen-bond acceptors (Lipinski definition) is 7. The van der Waals surface area contributed by atoms with Crippen LogP contribution in [0.4, 0.5) is 0 Å². The summed E-state index contributed by atoms with van der Waals surface area (Å²) >= 11 is 1.21. The first-order chi connectivity index (χ1) is 16.7. The van der Waals surface area contributed by atoms with E-state index in [0.29, 0.717) is 27.2 Å². The number of hydrazone groups is 1. The molecule has 0 saturated heterocycles. The third-order valence-electron chi connectivity index (χ3n) is 5.37. The Morgan fingerprint density at radius 3 is 2.43 bits per heavy atom. The molecular formula is C26H25N5O3S. The smallest absolute Gasteiger partial charge is 0.265 e. The number of aryl methyl sites for hydroxylation is 4. The number of amides is 1. The topological polar surface area (TPSA) is 109 Å². The number of pyridine rings is 1. The highest BCUT2D eigenvalue weighted by Gasteiger charge is 2.17. The zero-order valence-corrected chi connectivity index (χ0v) is 20.7. The molecule has 4 aromatic rings. The number of rotatable bonds is 6. The molecule has 0 unspecified atom stereocenters. The van der Waals surface area contributed by atoms with Crippen LogP contribution in [-0.2, 0) is 4.79 Å². The SMILES string of the molecule is Cc1ccc(-n2c(O)c(C=NNC(=O)CSc3nc(C)cc(C)n3)c3ccccc3c2=O)c(C)c1. The lowest BCUT2D eigenvalue weighted by molar-refractivity contribution is -0.118. The van der Waals surface area contributed by atoms with Crippen molar-refractivity contribution in [1.29, 1.82) is 0 Å². The molecule has 0 atom stereocenters. The van der Waals surface area contributed by atoms with Crippen molar-refractivity contribution in [2.75, 3.05) is 5.75 Å². The molecule has 9 heteroatoms. The van der Waals surface area contributed by atoms with Crippen molar-refractivity contribution in [1.82, 2.24) is 20.0 Å². The van der Waals surface area contributed by atoms with Gasteiger partial charge in [0.25, 0.3) is 11.5 Å². The van der Waals surface area contributed by atoms with Gasteiger partial charge in [-0.1, -0.05) is 47.7 Å². The first kappa shape index (κ1) is 24.2. The maximum Gasteiger partial charge on any atom is 0.265 e. The Hall–Kier alpha value is -3.98. The summed E-state index contributed by atoms with van der Waals surface area (Å²) < 4.78 is 1.27. The number of carbonyl (C=O) groups excluding carboxylic acids is 1. The molecule has 0 spiro atoms. The van der Waals surface area contributed by atoms with E-state index in [1.54, 1.807) is 30.3 Å². The molecule has 0 aliphatic rings. The molecular weight excluding hydrogens is 462 g/mol. The van der Waals surface area contributed by atoms with Crippen molar-refractivity contribution in [3.8, 4) is 11.6 Å². The number of thioether (sulfide) groups is 1. The summed E-state index contributed by atoms with van der Waals surface area (Å²) in [5.74, 6) is -0.521. The van der Waals surface area contributed by atoms with Gasteiger partial charge >= 0.3 is 0 Å². The number of nitrogens with one attached hydrogen (secondary N) is 1. The highest BCUT2D eigenvalue weighted by Crippen LogP contribution is 2.27. The molecule has 35 heavy (non-hydrogen) atoms. The first-order valence-corrected chi connectivity index (χ1v) is 11.9. The molecule has 2 heterocycles. The lowest BCUT2D eigenvalue weighted by Gasteiger charge is -2.15. The Kier molecular flexibility index (Phi) is 6.97. The summed E-state index contributed by atoms with van der Waals surface area (Å²) in [6.07, 6.45) is 1.35. The van der Waals surface area contributed by atoms with Crippen LogP contribution in [0.5, 0.6) is 5.88 Å². The van der Waals surface area contributed by atoms with Crippen LogP contribution in [0.2, 0.25) is 0 Å². The number of fused-ring (bicyclic) bond motifs is 1. The predicted molar refractivity (Wildman–Crippen MR) is 139 cm³/mol. The van der Waals surface area contributed by atoms with Crippen molar-refractivity contribution in [3.05, 3.63) is 87.0 Å². The normalized spacial score (nSPS) is 11.3. The van der Waals surface area contributed by atoms with E-state index in [2.05, 4.69) is 20.5 Å². The minimum atomic E-state index is -0.347. The lowest BCUT2D eigenvalue weighted by atomic mass is 10.1. The fourth-order valence-corrected chi connectivity index (χ4v) is 4.60. The van der Waals surface area contributed by atoms with Crippen LogP contribution >= 0.6 is 11.8 Å². The summed E-state index contributed by atoms with van der Waals surface area (Å²) in [6, 6.07) is 14.5. The number of hydrogen-bond donors (Lipinski definition) is 2. The van der Waals surface area contributed by atoms with E-state index >= 15 is 0 Å². The largest absolute Gasteiger partial charge is 0.494 e. The molecule has 0 bridgehead atoms. The van der Waals surface area contributed by atoms with Crippen LogP contribution in [0.15, 0.2) is 63.6 Å².